The first kappa shape index (κ1) is 17.4. The van der Waals surface area contributed by atoms with E-state index in [0.29, 0.717) is 6.54 Å². The van der Waals surface area contributed by atoms with E-state index >= 15 is 0 Å². The molecule has 0 aliphatic carbocycles. The van der Waals surface area contributed by atoms with Gasteiger partial charge in [-0.25, -0.2) is 4.39 Å². The first-order valence-electron chi connectivity index (χ1n) is 7.83. The SMILES string of the molecule is O=C(O)[C@@H]1CN(C(=O)CSc2ccncc2)C[C@H]1c1ccc(F)cc1. The normalized spacial score (nSPS) is 19.8. The molecule has 7 heteroatoms. The lowest BCUT2D eigenvalue weighted by atomic mass is 9.89. The van der Waals surface area contributed by atoms with Gasteiger partial charge < -0.3 is 10.0 Å². The maximum atomic E-state index is 13.1. The van der Waals surface area contributed by atoms with Crippen LogP contribution in [0.15, 0.2) is 53.7 Å². The third kappa shape index (κ3) is 4.17. The van der Waals surface area contributed by atoms with E-state index < -0.39 is 11.9 Å². The number of carbonyl (C=O) groups is 2. The predicted octanol–water partition coefficient (Wildman–Crippen LogP) is 2.64. The average molecular weight is 360 g/mol. The van der Waals surface area contributed by atoms with Crippen LogP contribution in [-0.4, -0.2) is 45.7 Å². The fraction of sp³-hybridized carbons (Fsp3) is 0.278. The van der Waals surface area contributed by atoms with Gasteiger partial charge in [-0.1, -0.05) is 12.1 Å². The molecule has 0 saturated carbocycles. The fourth-order valence-corrected chi connectivity index (χ4v) is 3.76. The van der Waals surface area contributed by atoms with Crippen LogP contribution in [0.3, 0.4) is 0 Å². The number of aliphatic carboxylic acids is 1. The molecule has 1 amide bonds. The maximum Gasteiger partial charge on any atom is 0.308 e. The number of pyridine rings is 1. The van der Waals surface area contributed by atoms with Crippen molar-refractivity contribution in [3.63, 3.8) is 0 Å². The summed E-state index contributed by atoms with van der Waals surface area (Å²) < 4.78 is 13.1. The Kier molecular flexibility index (Phi) is 5.33. The Morgan fingerprint density at radius 2 is 1.84 bits per heavy atom. The zero-order valence-corrected chi connectivity index (χ0v) is 14.2. The number of halogens is 1. The molecule has 2 atom stereocenters. The molecule has 2 heterocycles. The van der Waals surface area contributed by atoms with Crippen molar-refractivity contribution in [2.75, 3.05) is 18.8 Å². The van der Waals surface area contributed by atoms with Crippen molar-refractivity contribution in [3.05, 3.63) is 60.2 Å². The number of amides is 1. The molecule has 2 aromatic rings. The van der Waals surface area contributed by atoms with Gasteiger partial charge in [0.05, 0.1) is 11.7 Å². The van der Waals surface area contributed by atoms with Gasteiger partial charge in [0.1, 0.15) is 5.82 Å². The Morgan fingerprint density at radius 3 is 2.48 bits per heavy atom. The molecule has 1 fully saturated rings. The predicted molar refractivity (Wildman–Crippen MR) is 91.8 cm³/mol. The van der Waals surface area contributed by atoms with Gasteiger partial charge in [-0.15, -0.1) is 11.8 Å². The van der Waals surface area contributed by atoms with Crippen LogP contribution in [0, 0.1) is 11.7 Å². The van der Waals surface area contributed by atoms with E-state index in [1.165, 1.54) is 23.9 Å². The number of hydrogen-bond donors (Lipinski definition) is 1. The number of carboxylic acids is 1. The number of carbonyl (C=O) groups excluding carboxylic acids is 1. The van der Waals surface area contributed by atoms with Crippen molar-refractivity contribution in [2.45, 2.75) is 10.8 Å². The first-order chi connectivity index (χ1) is 12.0. The van der Waals surface area contributed by atoms with E-state index in [4.69, 9.17) is 0 Å². The highest BCUT2D eigenvalue weighted by Gasteiger charge is 2.40. The van der Waals surface area contributed by atoms with Gasteiger partial charge in [0, 0.05) is 36.3 Å². The summed E-state index contributed by atoms with van der Waals surface area (Å²) >= 11 is 1.40. The molecule has 0 spiro atoms. The number of nitrogens with zero attached hydrogens (tertiary/aromatic N) is 2. The summed E-state index contributed by atoms with van der Waals surface area (Å²) in [4.78, 5) is 30.5. The highest BCUT2D eigenvalue weighted by molar-refractivity contribution is 8.00. The van der Waals surface area contributed by atoms with E-state index in [-0.39, 0.29) is 29.9 Å². The third-order valence-corrected chi connectivity index (χ3v) is 5.30. The lowest BCUT2D eigenvalue weighted by Gasteiger charge is -2.16. The van der Waals surface area contributed by atoms with E-state index in [0.717, 1.165) is 10.5 Å². The second-order valence-corrected chi connectivity index (χ2v) is 6.92. The Labute approximate surface area is 148 Å². The standard InChI is InChI=1S/C18H17FN2O3S/c19-13-3-1-12(2-4-13)15-9-21(10-16(15)18(23)24)17(22)11-25-14-5-7-20-8-6-14/h1-8,15-16H,9-11H2,(H,23,24)/t15-,16+/m0/s1. The van der Waals surface area contributed by atoms with Gasteiger partial charge in [0.2, 0.25) is 5.91 Å². The third-order valence-electron chi connectivity index (χ3n) is 4.30. The van der Waals surface area contributed by atoms with Crippen LogP contribution in [-0.2, 0) is 9.59 Å². The van der Waals surface area contributed by atoms with E-state index in [2.05, 4.69) is 4.98 Å². The van der Waals surface area contributed by atoms with Crippen molar-refractivity contribution < 1.29 is 19.1 Å². The zero-order valence-electron chi connectivity index (χ0n) is 13.3. The highest BCUT2D eigenvalue weighted by atomic mass is 32.2. The maximum absolute atomic E-state index is 13.1. The van der Waals surface area contributed by atoms with Crippen molar-refractivity contribution in [1.82, 2.24) is 9.88 Å². The fourth-order valence-electron chi connectivity index (χ4n) is 2.98. The van der Waals surface area contributed by atoms with Gasteiger partial charge in [-0.2, -0.15) is 0 Å². The largest absolute Gasteiger partial charge is 0.481 e. The lowest BCUT2D eigenvalue weighted by molar-refractivity contribution is -0.141. The topological polar surface area (TPSA) is 70.5 Å². The van der Waals surface area contributed by atoms with Crippen LogP contribution < -0.4 is 0 Å². The van der Waals surface area contributed by atoms with Crippen LogP contribution in [0.1, 0.15) is 11.5 Å². The quantitative estimate of drug-likeness (QED) is 0.830. The zero-order chi connectivity index (χ0) is 17.8. The van der Waals surface area contributed by atoms with Crippen molar-refractivity contribution in [1.29, 1.82) is 0 Å². The van der Waals surface area contributed by atoms with Gasteiger partial charge >= 0.3 is 5.97 Å². The summed E-state index contributed by atoms with van der Waals surface area (Å²) in [7, 11) is 0. The first-order valence-corrected chi connectivity index (χ1v) is 8.82. The van der Waals surface area contributed by atoms with Crippen LogP contribution in [0.4, 0.5) is 4.39 Å². The molecule has 0 unspecified atom stereocenters. The lowest BCUT2D eigenvalue weighted by Crippen LogP contribution is -2.31. The molecule has 1 aromatic carbocycles. The Hall–Kier alpha value is -2.41. The summed E-state index contributed by atoms with van der Waals surface area (Å²) in [5, 5.41) is 9.48. The number of benzene rings is 1. The van der Waals surface area contributed by atoms with Crippen LogP contribution in [0.2, 0.25) is 0 Å². The van der Waals surface area contributed by atoms with Crippen LogP contribution >= 0.6 is 11.8 Å². The van der Waals surface area contributed by atoms with Crippen molar-refractivity contribution >= 4 is 23.6 Å². The van der Waals surface area contributed by atoms with Crippen LogP contribution in [0.25, 0.3) is 0 Å². The summed E-state index contributed by atoms with van der Waals surface area (Å²) in [6.45, 7) is 0.505. The summed E-state index contributed by atoms with van der Waals surface area (Å²) in [5.74, 6) is -2.17. The molecule has 0 bridgehead atoms. The van der Waals surface area contributed by atoms with E-state index in [9.17, 15) is 19.1 Å². The summed E-state index contributed by atoms with van der Waals surface area (Å²) in [6.07, 6.45) is 3.32. The minimum atomic E-state index is -0.939. The number of rotatable bonds is 5. The molecule has 5 nitrogen and oxygen atoms in total. The molecule has 25 heavy (non-hydrogen) atoms. The smallest absolute Gasteiger partial charge is 0.308 e. The molecule has 0 radical (unpaired) electrons. The Balaban J connectivity index is 1.68. The molecular weight excluding hydrogens is 343 g/mol. The molecule has 1 aliphatic heterocycles. The Morgan fingerprint density at radius 1 is 1.16 bits per heavy atom. The minimum Gasteiger partial charge on any atom is -0.481 e. The molecule has 1 saturated heterocycles. The number of carboxylic acid groups (broad SMARTS) is 1. The van der Waals surface area contributed by atoms with Crippen molar-refractivity contribution in [3.8, 4) is 0 Å². The molecule has 1 aromatic heterocycles. The number of aromatic nitrogens is 1. The molecule has 130 valence electrons. The Bertz CT molecular complexity index is 755. The average Bonchev–Trinajstić information content (AvgIpc) is 3.07. The number of thioether (sulfide) groups is 1. The van der Waals surface area contributed by atoms with Gasteiger partial charge in [-0.05, 0) is 29.8 Å². The van der Waals surface area contributed by atoms with E-state index in [1.54, 1.807) is 29.4 Å². The van der Waals surface area contributed by atoms with Gasteiger partial charge in [0.15, 0.2) is 0 Å². The number of hydrogen-bond acceptors (Lipinski definition) is 4. The second-order valence-electron chi connectivity index (χ2n) is 5.87. The van der Waals surface area contributed by atoms with Gasteiger partial charge in [0.25, 0.3) is 0 Å². The molecular formula is C18H17FN2O3S. The summed E-state index contributed by atoms with van der Waals surface area (Å²) in [5.41, 5.74) is 0.742. The van der Waals surface area contributed by atoms with Gasteiger partial charge in [-0.3, -0.25) is 14.6 Å². The minimum absolute atomic E-state index is 0.0994. The van der Waals surface area contributed by atoms with E-state index in [1.807, 2.05) is 12.1 Å². The molecule has 1 N–H and O–H groups in total. The monoisotopic (exact) mass is 360 g/mol. The van der Waals surface area contributed by atoms with Crippen molar-refractivity contribution in [2.24, 2.45) is 5.92 Å². The van der Waals surface area contributed by atoms with Crippen LogP contribution in [0.5, 0.6) is 0 Å². The molecule has 1 aliphatic rings. The number of likely N-dealkylation sites (tertiary alicyclic amines) is 1. The highest BCUT2D eigenvalue weighted by Crippen LogP contribution is 2.33. The second kappa shape index (κ2) is 7.65. The molecule has 3 rings (SSSR count). The summed E-state index contributed by atoms with van der Waals surface area (Å²) in [6, 6.07) is 9.47.